The van der Waals surface area contributed by atoms with Crippen LogP contribution in [0.1, 0.15) is 53.8 Å². The first-order valence-electron chi connectivity index (χ1n) is 13.7. The van der Waals surface area contributed by atoms with Gasteiger partial charge in [-0.2, -0.15) is 0 Å². The van der Waals surface area contributed by atoms with E-state index in [2.05, 4.69) is 29.2 Å². The molecular weight excluding hydrogens is 576 g/mol. The van der Waals surface area contributed by atoms with E-state index in [4.69, 9.17) is 20.3 Å². The van der Waals surface area contributed by atoms with Crippen LogP contribution >= 0.6 is 0 Å². The highest BCUT2D eigenvalue weighted by Crippen LogP contribution is 2.28. The van der Waals surface area contributed by atoms with Crippen LogP contribution in [0.4, 0.5) is 11.4 Å². The van der Waals surface area contributed by atoms with Crippen LogP contribution in [0.25, 0.3) is 0 Å². The minimum Gasteiger partial charge on any atom is -0.490 e. The van der Waals surface area contributed by atoms with Crippen molar-refractivity contribution in [2.45, 2.75) is 45.2 Å². The Morgan fingerprint density at radius 1 is 0.841 bits per heavy atom. The fraction of sp³-hybridized carbons (Fsp3) is 0.517. The van der Waals surface area contributed by atoms with Crippen molar-refractivity contribution in [3.63, 3.8) is 0 Å². The zero-order valence-corrected chi connectivity index (χ0v) is 24.9. The average Bonchev–Trinajstić information content (AvgIpc) is 2.99. The fourth-order valence-electron chi connectivity index (χ4n) is 4.38. The molecule has 2 aromatic carbocycles. The van der Waals surface area contributed by atoms with Crippen molar-refractivity contribution in [1.29, 1.82) is 0 Å². The third-order valence-corrected chi connectivity index (χ3v) is 7.08. The number of nitro benzene ring substituents is 2. The van der Waals surface area contributed by atoms with Gasteiger partial charge in [0.2, 0.25) is 0 Å². The quantitative estimate of drug-likeness (QED) is 0.301. The molecule has 0 spiro atoms. The van der Waals surface area contributed by atoms with Gasteiger partial charge in [0.25, 0.3) is 5.91 Å². The third-order valence-electron chi connectivity index (χ3n) is 7.08. The number of nitrogens with two attached hydrogens (primary N) is 1. The summed E-state index contributed by atoms with van der Waals surface area (Å²) in [7, 11) is 6.79. The lowest BCUT2D eigenvalue weighted by Crippen LogP contribution is -2.43. The number of benzene rings is 2. The Morgan fingerprint density at radius 3 is 1.64 bits per heavy atom. The van der Waals surface area contributed by atoms with Crippen molar-refractivity contribution in [3.8, 4) is 11.5 Å². The van der Waals surface area contributed by atoms with Gasteiger partial charge in [-0.25, -0.2) is 4.79 Å². The second kappa shape index (κ2) is 18.4. The molecule has 2 aromatic rings. The SMILES string of the molecule is C.CN1CCC(N)CC1.COc1cc(C(=O)NC2CCN(C)CC2)ccc1[N+](=O)[O-].COc1cc(C(=O)O)ccc1[N+](=O)[O-]. The average molecular weight is 621 g/mol. The van der Waals surface area contributed by atoms with Crippen LogP contribution in [0.5, 0.6) is 11.5 Å². The Bertz CT molecular complexity index is 1250. The highest BCUT2D eigenvalue weighted by molar-refractivity contribution is 5.95. The maximum absolute atomic E-state index is 12.2. The molecule has 0 aliphatic carbocycles. The molecule has 1 amide bonds. The van der Waals surface area contributed by atoms with Crippen LogP contribution in [0.15, 0.2) is 36.4 Å². The summed E-state index contributed by atoms with van der Waals surface area (Å²) in [6.07, 6.45) is 4.17. The maximum atomic E-state index is 12.2. The molecule has 0 atom stereocenters. The lowest BCUT2D eigenvalue weighted by Gasteiger charge is -2.29. The highest BCUT2D eigenvalue weighted by Gasteiger charge is 2.22. The van der Waals surface area contributed by atoms with Crippen LogP contribution < -0.4 is 20.5 Å². The Balaban J connectivity index is 0.000000362. The molecule has 0 aromatic heterocycles. The number of hydrogen-bond donors (Lipinski definition) is 3. The Kier molecular flexibility index (Phi) is 15.7. The van der Waals surface area contributed by atoms with Crippen molar-refractivity contribution in [3.05, 3.63) is 67.8 Å². The van der Waals surface area contributed by atoms with Gasteiger partial charge >= 0.3 is 17.3 Å². The zero-order valence-electron chi connectivity index (χ0n) is 24.9. The maximum Gasteiger partial charge on any atom is 0.335 e. The van der Waals surface area contributed by atoms with Gasteiger partial charge in [-0.15, -0.1) is 0 Å². The lowest BCUT2D eigenvalue weighted by atomic mass is 10.0. The standard InChI is InChI=1S/C14H19N3O4.C8H7NO5.C6H14N2.CH4/c1-16-7-5-11(6-8-16)15-14(18)10-3-4-12(17(19)20)13(9-10)21-2;1-14-7-4-5(8(10)11)2-3-6(7)9(12)13;1-8-4-2-6(7)3-5-8;/h3-4,9,11H,5-8H2,1-2H3,(H,15,18);2-4H,1H3,(H,10,11);6H,2-5,7H2,1H3;1H4. The molecule has 2 aliphatic heterocycles. The fourth-order valence-corrected chi connectivity index (χ4v) is 4.38. The normalized spacial score (nSPS) is 15.7. The van der Waals surface area contributed by atoms with Gasteiger partial charge in [-0.3, -0.25) is 25.0 Å². The molecule has 2 saturated heterocycles. The number of aromatic carboxylic acids is 1. The monoisotopic (exact) mass is 620 g/mol. The number of nitrogens with one attached hydrogen (secondary N) is 1. The second-order valence-corrected chi connectivity index (χ2v) is 10.3. The number of nitrogens with zero attached hydrogens (tertiary/aromatic N) is 4. The first kappa shape index (κ1) is 37.7. The number of carboxylic acid groups (broad SMARTS) is 1. The first-order valence-corrected chi connectivity index (χ1v) is 13.7. The molecule has 4 rings (SSSR count). The van der Waals surface area contributed by atoms with Crippen molar-refractivity contribution in [2.75, 3.05) is 54.5 Å². The van der Waals surface area contributed by atoms with Crippen LogP contribution in [0.3, 0.4) is 0 Å². The summed E-state index contributed by atoms with van der Waals surface area (Å²) < 4.78 is 9.67. The van der Waals surface area contributed by atoms with Gasteiger partial charge in [0.15, 0.2) is 11.5 Å². The molecule has 244 valence electrons. The van der Waals surface area contributed by atoms with E-state index in [-0.39, 0.29) is 47.8 Å². The second-order valence-electron chi connectivity index (χ2n) is 10.3. The predicted molar refractivity (Wildman–Crippen MR) is 166 cm³/mol. The third kappa shape index (κ3) is 11.7. The highest BCUT2D eigenvalue weighted by atomic mass is 16.6. The molecule has 15 nitrogen and oxygen atoms in total. The number of carbonyl (C=O) groups excluding carboxylic acids is 1. The summed E-state index contributed by atoms with van der Waals surface area (Å²) in [6, 6.07) is 8.14. The first-order chi connectivity index (χ1) is 20.4. The van der Waals surface area contributed by atoms with Gasteiger partial charge in [0.1, 0.15) is 0 Å². The van der Waals surface area contributed by atoms with Crippen LogP contribution in [-0.2, 0) is 0 Å². The van der Waals surface area contributed by atoms with Gasteiger partial charge in [-0.1, -0.05) is 7.43 Å². The summed E-state index contributed by atoms with van der Waals surface area (Å²) >= 11 is 0. The smallest absolute Gasteiger partial charge is 0.335 e. The molecular formula is C29H44N6O9. The number of amides is 1. The van der Waals surface area contributed by atoms with Crippen LogP contribution in [0.2, 0.25) is 0 Å². The van der Waals surface area contributed by atoms with Gasteiger partial charge in [-0.05, 0) is 78.1 Å². The molecule has 4 N–H and O–H groups in total. The van der Waals surface area contributed by atoms with Crippen LogP contribution in [-0.4, -0.2) is 103 Å². The van der Waals surface area contributed by atoms with E-state index in [9.17, 15) is 29.8 Å². The molecule has 15 heteroatoms. The van der Waals surface area contributed by atoms with E-state index >= 15 is 0 Å². The number of methoxy groups -OCH3 is 2. The van der Waals surface area contributed by atoms with Crippen molar-refractivity contribution < 1.29 is 34.0 Å². The molecule has 2 fully saturated rings. The van der Waals surface area contributed by atoms with Crippen LogP contribution in [0, 0.1) is 20.2 Å². The summed E-state index contributed by atoms with van der Waals surface area (Å²) in [5.41, 5.74) is 5.60. The number of ether oxygens (including phenoxy) is 2. The largest absolute Gasteiger partial charge is 0.490 e. The Hall–Kier alpha value is -4.34. The molecule has 0 bridgehead atoms. The molecule has 0 radical (unpaired) electrons. The van der Waals surface area contributed by atoms with Crippen molar-refractivity contribution in [1.82, 2.24) is 15.1 Å². The Morgan fingerprint density at radius 2 is 1.25 bits per heavy atom. The summed E-state index contributed by atoms with van der Waals surface area (Å²) in [4.78, 5) is 47.4. The number of rotatable bonds is 7. The molecule has 2 aliphatic rings. The topological polar surface area (TPSA) is 204 Å². The number of hydrogen-bond acceptors (Lipinski definition) is 11. The zero-order chi connectivity index (χ0) is 32.1. The van der Waals surface area contributed by atoms with Gasteiger partial charge in [0, 0.05) is 41.9 Å². The summed E-state index contributed by atoms with van der Waals surface area (Å²) in [5, 5.41) is 32.8. The molecule has 0 saturated carbocycles. The number of piperidine rings is 2. The number of carbonyl (C=O) groups is 2. The minimum absolute atomic E-state index is 0. The summed E-state index contributed by atoms with van der Waals surface area (Å²) in [5.74, 6) is -1.35. The van der Waals surface area contributed by atoms with E-state index in [1.807, 2.05) is 0 Å². The molecule has 2 heterocycles. The molecule has 0 unspecified atom stereocenters. The number of nitro groups is 2. The van der Waals surface area contributed by atoms with E-state index in [0.29, 0.717) is 11.6 Å². The van der Waals surface area contributed by atoms with Gasteiger partial charge < -0.3 is 35.4 Å². The minimum atomic E-state index is -1.15. The summed E-state index contributed by atoms with van der Waals surface area (Å²) in [6.45, 7) is 4.27. The predicted octanol–water partition coefficient (Wildman–Crippen LogP) is 3.40. The van der Waals surface area contributed by atoms with E-state index < -0.39 is 15.8 Å². The van der Waals surface area contributed by atoms with E-state index in [1.54, 1.807) is 0 Å². The Labute approximate surface area is 257 Å². The molecule has 44 heavy (non-hydrogen) atoms. The van der Waals surface area contributed by atoms with Crippen molar-refractivity contribution >= 4 is 23.3 Å². The van der Waals surface area contributed by atoms with E-state index in [1.165, 1.54) is 58.3 Å². The number of carboxylic acids is 1. The van der Waals surface area contributed by atoms with E-state index in [0.717, 1.165) is 44.1 Å². The van der Waals surface area contributed by atoms with Crippen molar-refractivity contribution in [2.24, 2.45) is 5.73 Å². The number of likely N-dealkylation sites (tertiary alicyclic amines) is 2. The lowest BCUT2D eigenvalue weighted by molar-refractivity contribution is -0.385. The van der Waals surface area contributed by atoms with Gasteiger partial charge in [0.05, 0.1) is 29.6 Å².